The molecule has 30 heteroatoms. The Morgan fingerprint density at radius 1 is 0.382 bits per heavy atom. The van der Waals surface area contributed by atoms with E-state index in [-0.39, 0.29) is 0 Å². The molecule has 0 aromatic rings. The first-order valence-corrected chi connectivity index (χ1v) is 21.6. The molecule has 0 spiro atoms. The van der Waals surface area contributed by atoms with Gasteiger partial charge in [-0.3, -0.25) is 19.2 Å². The number of carbonyl (C=O) groups is 4. The third-order valence-electron chi connectivity index (χ3n) is 11.9. The molecule has 5 aliphatic heterocycles. The highest BCUT2D eigenvalue weighted by Crippen LogP contribution is 2.34. The van der Waals surface area contributed by atoms with Gasteiger partial charge in [0.05, 0.1) is 33.0 Å². The van der Waals surface area contributed by atoms with Gasteiger partial charge in [0.1, 0.15) is 122 Å². The Hall–Kier alpha value is -3.00. The van der Waals surface area contributed by atoms with Crippen molar-refractivity contribution in [3.63, 3.8) is 0 Å². The van der Waals surface area contributed by atoms with Crippen LogP contribution in [-0.2, 0) is 61.8 Å². The molecule has 4 amide bonds. The molecule has 5 saturated heterocycles. The summed E-state index contributed by atoms with van der Waals surface area (Å²) in [6.07, 6.45) is -36.8. The molecule has 0 aromatic carbocycles. The topological polar surface area (TPSA) is 462 Å². The number of hydrogen-bond acceptors (Lipinski definition) is 26. The summed E-state index contributed by atoms with van der Waals surface area (Å²) in [5, 5.41) is 149. The van der Waals surface area contributed by atoms with E-state index in [4.69, 9.17) is 42.6 Å². The van der Waals surface area contributed by atoms with Gasteiger partial charge in [-0.15, -0.1) is 0 Å². The average Bonchev–Trinajstić information content (AvgIpc) is 3.28. The fourth-order valence-corrected chi connectivity index (χ4v) is 8.54. The minimum atomic E-state index is -2.16. The first-order chi connectivity index (χ1) is 32.1. The minimum absolute atomic E-state index is 0.690. The summed E-state index contributed by atoms with van der Waals surface area (Å²) in [6, 6.07) is -6.19. The zero-order chi connectivity index (χ0) is 50.5. The largest absolute Gasteiger partial charge is 0.394 e. The Bertz CT molecular complexity index is 1670. The van der Waals surface area contributed by atoms with Crippen LogP contribution < -0.4 is 21.3 Å². The predicted octanol–water partition coefficient (Wildman–Crippen LogP) is -11.3. The molecule has 5 heterocycles. The Kier molecular flexibility index (Phi) is 20.1. The predicted molar refractivity (Wildman–Crippen MR) is 213 cm³/mol. The number of aliphatic hydroxyl groups is 13. The zero-order valence-electron chi connectivity index (χ0n) is 37.1. The molecule has 17 N–H and O–H groups in total. The first-order valence-electron chi connectivity index (χ1n) is 21.6. The molecule has 25 atom stereocenters. The van der Waals surface area contributed by atoms with Crippen LogP contribution in [0.25, 0.3) is 0 Å². The summed E-state index contributed by atoms with van der Waals surface area (Å²) in [6.45, 7) is 0.0386. The second-order valence-corrected chi connectivity index (χ2v) is 16.9. The molecule has 0 saturated carbocycles. The van der Waals surface area contributed by atoms with E-state index in [0.717, 1.165) is 27.7 Å². The lowest BCUT2D eigenvalue weighted by atomic mass is 9.94. The van der Waals surface area contributed by atoms with Crippen LogP contribution >= 0.6 is 0 Å². The standard InChI is InChI=1S/C38H64N4O26/c1-10(47)39-19-26(54)23(51)14(5-43)62-36(19)66-31-16(7-45)64-35(21(28(31)56)41-12(3)49)60-9-18-25(53)30(58)33(34(59)61-18)68-38-22(42-13(4)50)29(57)32(17(8-46)65-38)67-37-20(40-11(2)48)27(55)24(52)15(6-44)63-37/h14-38,43-46,51-59H,5-9H2,1-4H3,(H,39,47)(H,40,48)(H,41,49)(H,42,50)/t14-,15-,16-,17-,18-,19-,20-,21-,22-,23+,24+,25-,26-,27-,28-,29-,30+,31-,32-,33+,34?,35-,36+,37+,38+/m1/s1. The van der Waals surface area contributed by atoms with Gasteiger partial charge in [-0.1, -0.05) is 0 Å². The summed E-state index contributed by atoms with van der Waals surface area (Å²) < 4.78 is 51.7. The summed E-state index contributed by atoms with van der Waals surface area (Å²) >= 11 is 0. The second-order valence-electron chi connectivity index (χ2n) is 16.9. The molecule has 1 unspecified atom stereocenters. The Balaban J connectivity index is 1.28. The van der Waals surface area contributed by atoms with Crippen molar-refractivity contribution in [1.29, 1.82) is 0 Å². The summed E-state index contributed by atoms with van der Waals surface area (Å²) in [7, 11) is 0. The van der Waals surface area contributed by atoms with E-state index in [2.05, 4.69) is 21.3 Å². The molecule has 68 heavy (non-hydrogen) atoms. The summed E-state index contributed by atoms with van der Waals surface area (Å²) in [4.78, 5) is 48.6. The van der Waals surface area contributed by atoms with Crippen molar-refractivity contribution in [1.82, 2.24) is 21.3 Å². The summed E-state index contributed by atoms with van der Waals surface area (Å²) in [5.41, 5.74) is 0. The van der Waals surface area contributed by atoms with E-state index in [0.29, 0.717) is 0 Å². The van der Waals surface area contributed by atoms with E-state index in [1.165, 1.54) is 0 Å². The smallest absolute Gasteiger partial charge is 0.217 e. The Morgan fingerprint density at radius 3 is 1.06 bits per heavy atom. The van der Waals surface area contributed by atoms with Crippen LogP contribution in [-0.4, -0.2) is 276 Å². The normalized spacial score (nSPS) is 45.5. The third kappa shape index (κ3) is 12.7. The van der Waals surface area contributed by atoms with E-state index in [1.807, 2.05) is 0 Å². The van der Waals surface area contributed by atoms with Gasteiger partial charge in [0.2, 0.25) is 23.6 Å². The van der Waals surface area contributed by atoms with E-state index in [1.54, 1.807) is 0 Å². The molecule has 0 bridgehead atoms. The van der Waals surface area contributed by atoms with Crippen LogP contribution in [0.3, 0.4) is 0 Å². The maximum absolute atomic E-state index is 12.4. The van der Waals surface area contributed by atoms with Gasteiger partial charge < -0.3 is 130 Å². The number of ether oxygens (including phenoxy) is 9. The summed E-state index contributed by atoms with van der Waals surface area (Å²) in [5.74, 6) is -2.92. The van der Waals surface area contributed by atoms with Gasteiger partial charge >= 0.3 is 0 Å². The molecule has 392 valence electrons. The molecule has 0 aromatic heterocycles. The highest BCUT2D eigenvalue weighted by Gasteiger charge is 2.56. The lowest BCUT2D eigenvalue weighted by Crippen LogP contribution is -2.70. The van der Waals surface area contributed by atoms with Crippen molar-refractivity contribution in [3.05, 3.63) is 0 Å². The van der Waals surface area contributed by atoms with Crippen LogP contribution in [0, 0.1) is 0 Å². The fraction of sp³-hybridized carbons (Fsp3) is 0.895. The molecule has 30 nitrogen and oxygen atoms in total. The highest BCUT2D eigenvalue weighted by molar-refractivity contribution is 5.74. The van der Waals surface area contributed by atoms with E-state index >= 15 is 0 Å². The number of hydrogen-bond donors (Lipinski definition) is 17. The molecule has 5 aliphatic rings. The van der Waals surface area contributed by atoms with E-state index < -0.39 is 210 Å². The minimum Gasteiger partial charge on any atom is -0.394 e. The van der Waals surface area contributed by atoms with Crippen LogP contribution in [0.2, 0.25) is 0 Å². The van der Waals surface area contributed by atoms with Gasteiger partial charge in [-0.05, 0) is 0 Å². The molecule has 5 rings (SSSR count). The van der Waals surface area contributed by atoms with Crippen LogP contribution in [0.15, 0.2) is 0 Å². The first kappa shape index (κ1) is 55.9. The molecule has 0 aliphatic carbocycles. The molecule has 0 radical (unpaired) electrons. The van der Waals surface area contributed by atoms with Gasteiger partial charge in [0.25, 0.3) is 0 Å². The van der Waals surface area contributed by atoms with E-state index in [9.17, 15) is 85.6 Å². The fourth-order valence-electron chi connectivity index (χ4n) is 8.54. The lowest BCUT2D eigenvalue weighted by molar-refractivity contribution is -0.367. The van der Waals surface area contributed by atoms with Crippen molar-refractivity contribution < 1.29 is 128 Å². The number of nitrogens with one attached hydrogen (secondary N) is 4. The Labute approximate surface area is 386 Å². The van der Waals surface area contributed by atoms with Gasteiger partial charge in [0.15, 0.2) is 31.5 Å². The van der Waals surface area contributed by atoms with Crippen molar-refractivity contribution in [2.24, 2.45) is 0 Å². The van der Waals surface area contributed by atoms with Crippen molar-refractivity contribution >= 4 is 23.6 Å². The number of amides is 4. The highest BCUT2D eigenvalue weighted by atomic mass is 16.8. The van der Waals surface area contributed by atoms with Crippen LogP contribution in [0.4, 0.5) is 0 Å². The SMILES string of the molecule is CC(=O)N[C@H]1[C@H](OC[C@H]2OC(O)[C@@H](O[C@@H]3O[C@H](CO)[C@@H](O[C@@H]4O[C@H](CO)[C@H](O)[C@H](O)[C@H]4NC(C)=O)[C@H](O)[C@H]3NC(C)=O)[C@@H](O)[C@@H]2O)O[C@H](CO)[C@@H](O[C@@H]2O[C@H](CO)[C@H](O)[C@H](O)[C@H]2NC(C)=O)[C@@H]1O. The lowest BCUT2D eigenvalue weighted by Gasteiger charge is -2.49. The van der Waals surface area contributed by atoms with Crippen molar-refractivity contribution in [2.45, 2.75) is 181 Å². The molecule has 5 fully saturated rings. The van der Waals surface area contributed by atoms with Gasteiger partial charge in [-0.25, -0.2) is 0 Å². The van der Waals surface area contributed by atoms with Gasteiger partial charge in [0, 0.05) is 27.7 Å². The maximum atomic E-state index is 12.4. The second kappa shape index (κ2) is 24.4. The van der Waals surface area contributed by atoms with Crippen LogP contribution in [0.1, 0.15) is 27.7 Å². The maximum Gasteiger partial charge on any atom is 0.217 e. The van der Waals surface area contributed by atoms with Crippen LogP contribution in [0.5, 0.6) is 0 Å². The number of carbonyl (C=O) groups excluding carboxylic acids is 4. The quantitative estimate of drug-likeness (QED) is 0.0643. The monoisotopic (exact) mass is 992 g/mol. The molecular weight excluding hydrogens is 928 g/mol. The third-order valence-corrected chi connectivity index (χ3v) is 11.9. The Morgan fingerprint density at radius 2 is 0.691 bits per heavy atom. The number of rotatable bonds is 17. The van der Waals surface area contributed by atoms with Gasteiger partial charge in [-0.2, -0.15) is 0 Å². The van der Waals surface area contributed by atoms with Crippen molar-refractivity contribution in [3.8, 4) is 0 Å². The average molecular weight is 993 g/mol. The molecular formula is C38H64N4O26. The zero-order valence-corrected chi connectivity index (χ0v) is 37.1. The number of aliphatic hydroxyl groups excluding tert-OH is 13. The van der Waals surface area contributed by atoms with Crippen molar-refractivity contribution in [2.75, 3.05) is 33.0 Å².